The number of carbonyl (C=O) groups is 3. The molecule has 0 bridgehead atoms. The molecule has 0 heterocycles. The largest absolute Gasteiger partial charge is 0.491 e. The number of hydrogen-bond donors (Lipinski definition) is 1. The molecule has 6 aliphatic carbocycles. The second-order valence-electron chi connectivity index (χ2n) is 12.8. The minimum atomic E-state index is -5.22. The Morgan fingerprint density at radius 3 is 2.57 bits per heavy atom. The molecule has 6 rings (SSSR count). The summed E-state index contributed by atoms with van der Waals surface area (Å²) in [6.45, 7) is 6.74. The Kier molecular flexibility index (Phi) is 4.73. The number of rotatable bonds is 3. The lowest BCUT2D eigenvalue weighted by Gasteiger charge is -2.60. The van der Waals surface area contributed by atoms with Crippen molar-refractivity contribution < 1.29 is 37.4 Å². The molecule has 5 nitrogen and oxygen atoms in total. The smallest absolute Gasteiger partial charge is 0.389 e. The first kappa shape index (κ1) is 23.7. The lowest BCUT2D eigenvalue weighted by atomic mass is 9.45. The van der Waals surface area contributed by atoms with Gasteiger partial charge in [0.2, 0.25) is 0 Å². The molecule has 0 aromatic carbocycles. The van der Waals surface area contributed by atoms with Gasteiger partial charge in [-0.2, -0.15) is 13.2 Å². The van der Waals surface area contributed by atoms with Crippen LogP contribution < -0.4 is 0 Å². The Hall–Kier alpha value is -1.70. The van der Waals surface area contributed by atoms with Crippen molar-refractivity contribution in [3.63, 3.8) is 0 Å². The van der Waals surface area contributed by atoms with E-state index in [1.165, 1.54) is 5.57 Å². The number of fused-ring (bicyclic) bond motifs is 10. The van der Waals surface area contributed by atoms with Gasteiger partial charge in [0.1, 0.15) is 0 Å². The second kappa shape index (κ2) is 6.99. The summed E-state index contributed by atoms with van der Waals surface area (Å²) < 4.78 is 41.4. The Balaban J connectivity index is 1.26. The van der Waals surface area contributed by atoms with Gasteiger partial charge in [0.25, 0.3) is 0 Å². The van der Waals surface area contributed by atoms with E-state index in [0.717, 1.165) is 25.7 Å². The molecule has 0 radical (unpaired) electrons. The highest BCUT2D eigenvalue weighted by Crippen LogP contribution is 2.82. The monoisotopic (exact) mass is 494 g/mol. The Morgan fingerprint density at radius 2 is 1.89 bits per heavy atom. The van der Waals surface area contributed by atoms with Crippen molar-refractivity contribution in [1.82, 2.24) is 0 Å². The maximum absolute atomic E-state index is 12.5. The summed E-state index contributed by atoms with van der Waals surface area (Å²) in [7, 11) is 0. The number of allylic oxidation sites excluding steroid dienone is 1. The van der Waals surface area contributed by atoms with Crippen molar-refractivity contribution in [2.75, 3.05) is 0 Å². The van der Waals surface area contributed by atoms with Crippen LogP contribution in [-0.2, 0) is 19.1 Å². The maximum atomic E-state index is 12.5. The van der Waals surface area contributed by atoms with Gasteiger partial charge in [-0.15, -0.1) is 0 Å². The van der Waals surface area contributed by atoms with Gasteiger partial charge >= 0.3 is 18.1 Å². The highest BCUT2D eigenvalue weighted by atomic mass is 19.4. The molecular weight excluding hydrogens is 461 g/mol. The number of carbonyl (C=O) groups excluding carboxylic acids is 3. The zero-order valence-corrected chi connectivity index (χ0v) is 20.4. The van der Waals surface area contributed by atoms with Crippen LogP contribution in [0.4, 0.5) is 13.2 Å². The lowest BCUT2D eigenvalue weighted by Crippen LogP contribution is -2.57. The number of halogens is 3. The van der Waals surface area contributed by atoms with Crippen molar-refractivity contribution in [1.29, 1.82) is 0 Å². The van der Waals surface area contributed by atoms with Crippen LogP contribution >= 0.6 is 0 Å². The van der Waals surface area contributed by atoms with E-state index in [4.69, 9.17) is 0 Å². The highest BCUT2D eigenvalue weighted by Gasteiger charge is 2.79. The molecule has 6 aliphatic rings. The van der Waals surface area contributed by atoms with Crippen LogP contribution in [-0.4, -0.2) is 34.6 Å². The summed E-state index contributed by atoms with van der Waals surface area (Å²) in [6, 6.07) is 0. The van der Waals surface area contributed by atoms with Crippen molar-refractivity contribution in [3.8, 4) is 0 Å². The van der Waals surface area contributed by atoms with Crippen LogP contribution in [0.1, 0.15) is 65.7 Å². The highest BCUT2D eigenvalue weighted by molar-refractivity contribution is 5.92. The summed E-state index contributed by atoms with van der Waals surface area (Å²) in [5.41, 5.74) is -0.210. The standard InChI is InChI=1S/C27H33F3O5/c1-12-19-17-10-13(31)4-7-24(17,2)15-5-8-25(3)22(21(15)20(12)19)14-11-16(14)26(25,34)9-6-18(32)35-23(33)27(28,29)30/h10,12,14-16,19-22,34H,4-9,11H2,1-3H3. The Morgan fingerprint density at radius 1 is 1.17 bits per heavy atom. The van der Waals surface area contributed by atoms with Crippen molar-refractivity contribution in [2.24, 2.45) is 58.2 Å². The SMILES string of the molecule is CC1C2C3=CC(=O)CCC3(C)C3CCC4(C)C(C5CC5C4(O)CCC(=O)OC(=O)C(F)(F)F)C3C12. The predicted molar refractivity (Wildman–Crippen MR) is 117 cm³/mol. The van der Waals surface area contributed by atoms with Crippen LogP contribution in [0.25, 0.3) is 0 Å². The molecule has 0 amide bonds. The minimum absolute atomic E-state index is 0.0126. The zero-order valence-electron chi connectivity index (χ0n) is 20.4. The van der Waals surface area contributed by atoms with Crippen molar-refractivity contribution in [2.45, 2.75) is 77.5 Å². The molecule has 5 fully saturated rings. The van der Waals surface area contributed by atoms with Gasteiger partial charge in [0.05, 0.1) is 5.60 Å². The molecule has 11 unspecified atom stereocenters. The molecule has 1 N–H and O–H groups in total. The summed E-state index contributed by atoms with van der Waals surface area (Å²) in [5.74, 6) is -0.439. The summed E-state index contributed by atoms with van der Waals surface area (Å²) >= 11 is 0. The van der Waals surface area contributed by atoms with E-state index in [1.807, 2.05) is 6.08 Å². The second-order valence-corrected chi connectivity index (χ2v) is 12.8. The van der Waals surface area contributed by atoms with E-state index in [2.05, 4.69) is 25.5 Å². The van der Waals surface area contributed by atoms with Gasteiger partial charge in [-0.1, -0.05) is 26.3 Å². The fourth-order valence-electron chi connectivity index (χ4n) is 9.95. The van der Waals surface area contributed by atoms with Gasteiger partial charge in [-0.25, -0.2) is 4.79 Å². The first-order valence-electron chi connectivity index (χ1n) is 13.0. The molecule has 0 spiro atoms. The topological polar surface area (TPSA) is 80.7 Å². The van der Waals surface area contributed by atoms with E-state index in [0.29, 0.717) is 47.8 Å². The number of ketones is 1. The Labute approximate surface area is 202 Å². The van der Waals surface area contributed by atoms with Crippen LogP contribution in [0.15, 0.2) is 11.6 Å². The molecular formula is C27H33F3O5. The molecule has 11 atom stereocenters. The fraction of sp³-hybridized carbons (Fsp3) is 0.815. The summed E-state index contributed by atoms with van der Waals surface area (Å²) in [4.78, 5) is 35.4. The minimum Gasteiger partial charge on any atom is -0.389 e. The van der Waals surface area contributed by atoms with E-state index < -0.39 is 35.6 Å². The van der Waals surface area contributed by atoms with Gasteiger partial charge < -0.3 is 9.84 Å². The average Bonchev–Trinajstić information content (AvgIpc) is 3.67. The maximum Gasteiger partial charge on any atom is 0.491 e. The first-order chi connectivity index (χ1) is 16.2. The van der Waals surface area contributed by atoms with Gasteiger partial charge in [-0.05, 0) is 96.4 Å². The van der Waals surface area contributed by atoms with E-state index in [-0.39, 0.29) is 23.5 Å². The number of aliphatic hydroxyl groups is 1. The third kappa shape index (κ3) is 3.01. The molecule has 8 heteroatoms. The molecule has 0 aliphatic heterocycles. The zero-order chi connectivity index (χ0) is 25.3. The fourth-order valence-corrected chi connectivity index (χ4v) is 9.95. The van der Waals surface area contributed by atoms with Crippen LogP contribution in [0.3, 0.4) is 0 Å². The van der Waals surface area contributed by atoms with Crippen LogP contribution in [0.2, 0.25) is 0 Å². The summed E-state index contributed by atoms with van der Waals surface area (Å²) in [6.07, 6.45) is 0.406. The normalized spacial score (nSPS) is 51.2. The molecule has 0 aromatic rings. The number of ether oxygens (including phenoxy) is 1. The predicted octanol–water partition coefficient (Wildman–Crippen LogP) is 4.62. The lowest BCUT2D eigenvalue weighted by molar-refractivity contribution is -0.202. The van der Waals surface area contributed by atoms with E-state index >= 15 is 0 Å². The molecule has 35 heavy (non-hydrogen) atoms. The van der Waals surface area contributed by atoms with Crippen LogP contribution in [0, 0.1) is 58.2 Å². The molecule has 0 saturated heterocycles. The van der Waals surface area contributed by atoms with Gasteiger partial charge in [-0.3, -0.25) is 9.59 Å². The van der Waals surface area contributed by atoms with Gasteiger partial charge in [0, 0.05) is 12.8 Å². The van der Waals surface area contributed by atoms with Crippen LogP contribution in [0.5, 0.6) is 0 Å². The number of esters is 2. The van der Waals surface area contributed by atoms with Crippen molar-refractivity contribution in [3.05, 3.63) is 11.6 Å². The van der Waals surface area contributed by atoms with E-state index in [9.17, 15) is 32.7 Å². The first-order valence-corrected chi connectivity index (χ1v) is 13.0. The Bertz CT molecular complexity index is 1050. The third-order valence-electron chi connectivity index (χ3n) is 11.6. The number of hydrogen-bond acceptors (Lipinski definition) is 5. The summed E-state index contributed by atoms with van der Waals surface area (Å²) in [5, 5.41) is 12.0. The van der Waals surface area contributed by atoms with Crippen molar-refractivity contribution >= 4 is 17.7 Å². The third-order valence-corrected chi connectivity index (χ3v) is 11.6. The molecule has 192 valence electrons. The quantitative estimate of drug-likeness (QED) is 0.458. The van der Waals surface area contributed by atoms with E-state index in [1.54, 1.807) is 0 Å². The molecule has 5 saturated carbocycles. The van der Waals surface area contributed by atoms with Gasteiger partial charge in [0.15, 0.2) is 5.78 Å². The molecule has 0 aromatic heterocycles. The average molecular weight is 495 g/mol. The number of alkyl halides is 3.